The first-order valence-electron chi connectivity index (χ1n) is 6.03. The van der Waals surface area contributed by atoms with Gasteiger partial charge in [0.15, 0.2) is 5.82 Å². The number of nitrogens with one attached hydrogen (secondary N) is 2. The van der Waals surface area contributed by atoms with Crippen molar-refractivity contribution >= 4 is 5.91 Å². The molecule has 0 spiro atoms. The summed E-state index contributed by atoms with van der Waals surface area (Å²) < 4.78 is 1.68. The molecule has 1 unspecified atom stereocenters. The van der Waals surface area contributed by atoms with E-state index in [0.29, 0.717) is 12.6 Å². The highest BCUT2D eigenvalue weighted by atomic mass is 16.2. The Morgan fingerprint density at radius 2 is 2.41 bits per heavy atom. The molecule has 0 bridgehead atoms. The second-order valence-corrected chi connectivity index (χ2v) is 4.54. The zero-order valence-electron chi connectivity index (χ0n) is 10.3. The highest BCUT2D eigenvalue weighted by Crippen LogP contribution is 2.18. The van der Waals surface area contributed by atoms with Gasteiger partial charge in [0.25, 0.3) is 0 Å². The first-order chi connectivity index (χ1) is 8.15. The van der Waals surface area contributed by atoms with Gasteiger partial charge >= 0.3 is 0 Å². The molecular weight excluding hydrogens is 218 g/mol. The fraction of sp³-hybridized carbons (Fsp3) is 0.727. The van der Waals surface area contributed by atoms with Crippen LogP contribution in [0.2, 0.25) is 0 Å². The maximum Gasteiger partial charge on any atom is 0.237 e. The van der Waals surface area contributed by atoms with E-state index in [1.165, 1.54) is 0 Å². The summed E-state index contributed by atoms with van der Waals surface area (Å²) in [5.41, 5.74) is 0. The molecule has 1 aliphatic rings. The molecular formula is C11H19N5O. The Kier molecular flexibility index (Phi) is 3.73. The summed E-state index contributed by atoms with van der Waals surface area (Å²) >= 11 is 0. The van der Waals surface area contributed by atoms with Crippen LogP contribution in [-0.2, 0) is 18.3 Å². The van der Waals surface area contributed by atoms with Crippen molar-refractivity contribution < 1.29 is 4.79 Å². The lowest BCUT2D eigenvalue weighted by molar-refractivity contribution is -0.122. The number of hydrogen-bond donors (Lipinski definition) is 2. The van der Waals surface area contributed by atoms with Gasteiger partial charge in [-0.05, 0) is 19.8 Å². The standard InChI is InChI=1S/C11H19N5O/c1-8(11(17)14-9-3-4-9)12-6-5-10-13-7-16(2)15-10/h7-9,12H,3-6H2,1-2H3,(H,14,17). The molecule has 2 N–H and O–H groups in total. The second kappa shape index (κ2) is 5.27. The molecule has 0 saturated heterocycles. The average Bonchev–Trinajstić information content (AvgIpc) is 3.00. The van der Waals surface area contributed by atoms with Gasteiger partial charge in [-0.15, -0.1) is 0 Å². The van der Waals surface area contributed by atoms with Crippen LogP contribution in [0.5, 0.6) is 0 Å². The molecule has 0 radical (unpaired) electrons. The molecule has 0 aromatic carbocycles. The molecule has 6 heteroatoms. The van der Waals surface area contributed by atoms with Crippen LogP contribution < -0.4 is 10.6 Å². The molecule has 1 aromatic heterocycles. The van der Waals surface area contributed by atoms with Crippen molar-refractivity contribution in [1.82, 2.24) is 25.4 Å². The van der Waals surface area contributed by atoms with E-state index >= 15 is 0 Å². The van der Waals surface area contributed by atoms with Gasteiger partial charge in [0, 0.05) is 26.1 Å². The summed E-state index contributed by atoms with van der Waals surface area (Å²) in [5.74, 6) is 0.885. The first kappa shape index (κ1) is 12.0. The van der Waals surface area contributed by atoms with Crippen molar-refractivity contribution in [2.45, 2.75) is 38.3 Å². The Morgan fingerprint density at radius 3 is 3.00 bits per heavy atom. The Hall–Kier alpha value is -1.43. The average molecular weight is 237 g/mol. The van der Waals surface area contributed by atoms with Gasteiger partial charge in [-0.1, -0.05) is 0 Å². The predicted octanol–water partition coefficient (Wildman–Crippen LogP) is -0.386. The fourth-order valence-electron chi connectivity index (χ4n) is 1.55. The summed E-state index contributed by atoms with van der Waals surface area (Å²) in [6, 6.07) is 0.267. The van der Waals surface area contributed by atoms with Crippen LogP contribution in [0.1, 0.15) is 25.6 Å². The van der Waals surface area contributed by atoms with Crippen LogP contribution >= 0.6 is 0 Å². The van der Waals surface area contributed by atoms with Crippen molar-refractivity contribution in [2.24, 2.45) is 7.05 Å². The van der Waals surface area contributed by atoms with Crippen LogP contribution in [0, 0.1) is 0 Å². The van der Waals surface area contributed by atoms with E-state index in [-0.39, 0.29) is 11.9 Å². The molecule has 2 rings (SSSR count). The molecule has 1 amide bonds. The van der Waals surface area contributed by atoms with Gasteiger partial charge in [-0.2, -0.15) is 5.10 Å². The third-order valence-electron chi connectivity index (χ3n) is 2.76. The molecule has 0 aliphatic heterocycles. The van der Waals surface area contributed by atoms with Gasteiger partial charge in [0.05, 0.1) is 6.04 Å². The lowest BCUT2D eigenvalue weighted by Crippen LogP contribution is -2.43. The quantitative estimate of drug-likeness (QED) is 0.707. The van der Waals surface area contributed by atoms with Crippen LogP contribution in [0.3, 0.4) is 0 Å². The fourth-order valence-corrected chi connectivity index (χ4v) is 1.55. The molecule has 17 heavy (non-hydrogen) atoms. The van der Waals surface area contributed by atoms with E-state index in [1.807, 2.05) is 14.0 Å². The van der Waals surface area contributed by atoms with Crippen LogP contribution in [-0.4, -0.2) is 39.3 Å². The molecule has 1 saturated carbocycles. The molecule has 1 fully saturated rings. The normalized spacial score (nSPS) is 16.8. The van der Waals surface area contributed by atoms with E-state index in [9.17, 15) is 4.79 Å². The molecule has 1 aliphatic carbocycles. The van der Waals surface area contributed by atoms with E-state index < -0.39 is 0 Å². The summed E-state index contributed by atoms with van der Waals surface area (Å²) in [5, 5.41) is 10.3. The van der Waals surface area contributed by atoms with Crippen molar-refractivity contribution in [1.29, 1.82) is 0 Å². The Labute approximate surface area is 101 Å². The van der Waals surface area contributed by atoms with Crippen LogP contribution in [0.15, 0.2) is 6.33 Å². The van der Waals surface area contributed by atoms with Gasteiger partial charge in [0.2, 0.25) is 5.91 Å². The number of amides is 1. The van der Waals surface area contributed by atoms with Crippen LogP contribution in [0.25, 0.3) is 0 Å². The molecule has 1 aromatic rings. The number of carbonyl (C=O) groups excluding carboxylic acids is 1. The molecule has 94 valence electrons. The van der Waals surface area contributed by atoms with E-state index in [4.69, 9.17) is 0 Å². The van der Waals surface area contributed by atoms with Gasteiger partial charge in [-0.3, -0.25) is 9.48 Å². The minimum atomic E-state index is -0.153. The number of aryl methyl sites for hydroxylation is 1. The highest BCUT2D eigenvalue weighted by molar-refractivity contribution is 5.81. The molecule has 1 heterocycles. The number of aromatic nitrogens is 3. The molecule has 6 nitrogen and oxygen atoms in total. The third-order valence-corrected chi connectivity index (χ3v) is 2.76. The number of rotatable bonds is 6. The Bertz CT molecular complexity index is 385. The zero-order valence-corrected chi connectivity index (χ0v) is 10.3. The van der Waals surface area contributed by atoms with Crippen LogP contribution in [0.4, 0.5) is 0 Å². The summed E-state index contributed by atoms with van der Waals surface area (Å²) in [6.45, 7) is 2.59. The van der Waals surface area contributed by atoms with Crippen molar-refractivity contribution in [2.75, 3.05) is 6.54 Å². The van der Waals surface area contributed by atoms with Crippen molar-refractivity contribution in [3.63, 3.8) is 0 Å². The van der Waals surface area contributed by atoms with E-state index in [0.717, 1.165) is 25.1 Å². The van der Waals surface area contributed by atoms with Crippen molar-refractivity contribution in [3.05, 3.63) is 12.2 Å². The lowest BCUT2D eigenvalue weighted by Gasteiger charge is -2.12. The predicted molar refractivity (Wildman–Crippen MR) is 63.3 cm³/mol. The molecule has 1 atom stereocenters. The van der Waals surface area contributed by atoms with E-state index in [1.54, 1.807) is 11.0 Å². The summed E-state index contributed by atoms with van der Waals surface area (Å²) in [4.78, 5) is 15.8. The number of hydrogen-bond acceptors (Lipinski definition) is 4. The summed E-state index contributed by atoms with van der Waals surface area (Å²) in [6.07, 6.45) is 4.66. The monoisotopic (exact) mass is 237 g/mol. The lowest BCUT2D eigenvalue weighted by atomic mass is 10.3. The number of carbonyl (C=O) groups is 1. The zero-order chi connectivity index (χ0) is 12.3. The smallest absolute Gasteiger partial charge is 0.237 e. The van der Waals surface area contributed by atoms with Gasteiger partial charge < -0.3 is 10.6 Å². The summed E-state index contributed by atoms with van der Waals surface area (Å²) in [7, 11) is 1.84. The maximum absolute atomic E-state index is 11.6. The topological polar surface area (TPSA) is 71.8 Å². The number of nitrogens with zero attached hydrogens (tertiary/aromatic N) is 3. The Morgan fingerprint density at radius 1 is 1.65 bits per heavy atom. The minimum absolute atomic E-state index is 0.0847. The van der Waals surface area contributed by atoms with Crippen molar-refractivity contribution in [3.8, 4) is 0 Å². The minimum Gasteiger partial charge on any atom is -0.352 e. The SMILES string of the molecule is CC(NCCc1ncn(C)n1)C(=O)NC1CC1. The van der Waals surface area contributed by atoms with Gasteiger partial charge in [0.1, 0.15) is 6.33 Å². The largest absolute Gasteiger partial charge is 0.352 e. The van der Waals surface area contributed by atoms with E-state index in [2.05, 4.69) is 20.7 Å². The maximum atomic E-state index is 11.6. The third kappa shape index (κ3) is 3.81. The second-order valence-electron chi connectivity index (χ2n) is 4.54. The highest BCUT2D eigenvalue weighted by Gasteiger charge is 2.25. The first-order valence-corrected chi connectivity index (χ1v) is 6.03. The Balaban J connectivity index is 1.65. The van der Waals surface area contributed by atoms with Gasteiger partial charge in [-0.25, -0.2) is 4.98 Å².